The molecule has 3 atom stereocenters. The predicted molar refractivity (Wildman–Crippen MR) is 97.8 cm³/mol. The highest BCUT2D eigenvalue weighted by molar-refractivity contribution is 6.07. The number of alkyl halides is 3. The molecule has 3 heterocycles. The van der Waals surface area contributed by atoms with Crippen molar-refractivity contribution in [1.29, 1.82) is 0 Å². The van der Waals surface area contributed by atoms with Gasteiger partial charge in [-0.25, -0.2) is 9.59 Å². The van der Waals surface area contributed by atoms with E-state index >= 15 is 0 Å². The van der Waals surface area contributed by atoms with E-state index in [0.717, 1.165) is 12.8 Å². The maximum absolute atomic E-state index is 13.1. The number of quaternary nitrogens is 1. The summed E-state index contributed by atoms with van der Waals surface area (Å²) in [7, 11) is 0. The minimum Gasteiger partial charge on any atom is -0.381 e. The number of anilines is 1. The van der Waals surface area contributed by atoms with Gasteiger partial charge >= 0.3 is 18.2 Å². The molecule has 10 heteroatoms. The Morgan fingerprint density at radius 1 is 1.17 bits per heavy atom. The lowest BCUT2D eigenvalue weighted by Gasteiger charge is -2.41. The number of ether oxygens (including phenoxy) is 1. The van der Waals surface area contributed by atoms with E-state index in [-0.39, 0.29) is 11.7 Å². The Morgan fingerprint density at radius 2 is 1.90 bits per heavy atom. The number of carbonyl (C=O) groups excluding carboxylic acids is 2. The number of amides is 2. The normalized spacial score (nSPS) is 30.5. The number of rotatable bonds is 3. The van der Waals surface area contributed by atoms with Crippen LogP contribution in [0.2, 0.25) is 0 Å². The molecule has 1 aromatic carbocycles. The van der Waals surface area contributed by atoms with Gasteiger partial charge < -0.3 is 10.1 Å². The van der Waals surface area contributed by atoms with E-state index in [1.165, 1.54) is 6.07 Å². The third kappa shape index (κ3) is 3.60. The van der Waals surface area contributed by atoms with Gasteiger partial charge in [0.2, 0.25) is 5.69 Å². The number of nitrogens with zero attached hydrogens (tertiary/aromatic N) is 1. The lowest BCUT2D eigenvalue weighted by molar-refractivity contribution is -0.230. The van der Waals surface area contributed by atoms with Gasteiger partial charge in [-0.15, -0.1) is 0 Å². The van der Waals surface area contributed by atoms with E-state index in [1.54, 1.807) is 18.2 Å². The number of fused-ring (bicyclic) bond motifs is 1. The molecule has 158 valence electrons. The van der Waals surface area contributed by atoms with Crippen molar-refractivity contribution in [3.05, 3.63) is 24.3 Å². The Balaban J connectivity index is 1.69. The average molecular weight is 414 g/mol. The minimum atomic E-state index is -5.20. The number of halogens is 3. The number of hydroxylamine groups is 2. The summed E-state index contributed by atoms with van der Waals surface area (Å²) in [5.41, 5.74) is 0.585. The van der Waals surface area contributed by atoms with Crippen LogP contribution in [0.4, 0.5) is 29.3 Å². The number of piperidine rings is 1. The van der Waals surface area contributed by atoms with E-state index in [9.17, 15) is 22.8 Å². The van der Waals surface area contributed by atoms with Crippen molar-refractivity contribution in [2.75, 3.05) is 25.1 Å². The fraction of sp³-hybridized carbons (Fsp3) is 0.579. The van der Waals surface area contributed by atoms with E-state index in [4.69, 9.17) is 9.57 Å². The van der Waals surface area contributed by atoms with Gasteiger partial charge in [-0.3, -0.25) is 10.2 Å². The Hall–Kier alpha value is -2.17. The third-order valence-electron chi connectivity index (χ3n) is 6.02. The molecule has 3 aliphatic heterocycles. The van der Waals surface area contributed by atoms with E-state index in [2.05, 4.69) is 10.6 Å². The summed E-state index contributed by atoms with van der Waals surface area (Å²) in [5, 5.41) is 6.01. The van der Waals surface area contributed by atoms with Gasteiger partial charge in [0, 0.05) is 44.7 Å². The van der Waals surface area contributed by atoms with Crippen LogP contribution in [-0.4, -0.2) is 50.0 Å². The molecule has 29 heavy (non-hydrogen) atoms. The summed E-state index contributed by atoms with van der Waals surface area (Å²) in [5.74, 6) is -2.07. The summed E-state index contributed by atoms with van der Waals surface area (Å²) < 4.78 is 43.5. The smallest absolute Gasteiger partial charge is 0.381 e. The zero-order chi connectivity index (χ0) is 20.6. The first-order valence-electron chi connectivity index (χ1n) is 9.74. The molecule has 2 N–H and O–H groups in total. The number of hydrogen-bond donors (Lipinski definition) is 2. The first kappa shape index (κ1) is 20.1. The van der Waals surface area contributed by atoms with Gasteiger partial charge in [0.05, 0.1) is 0 Å². The van der Waals surface area contributed by atoms with Crippen LogP contribution in [0.25, 0.3) is 0 Å². The summed E-state index contributed by atoms with van der Waals surface area (Å²) >= 11 is 0. The molecule has 0 aliphatic carbocycles. The molecule has 3 unspecified atom stereocenters. The van der Waals surface area contributed by atoms with Crippen LogP contribution < -0.4 is 15.3 Å². The monoisotopic (exact) mass is 414 g/mol. The van der Waals surface area contributed by atoms with Gasteiger partial charge in [0.1, 0.15) is 11.7 Å². The zero-order valence-corrected chi connectivity index (χ0v) is 15.7. The van der Waals surface area contributed by atoms with Crippen molar-refractivity contribution >= 4 is 23.4 Å². The lowest BCUT2D eigenvalue weighted by Crippen LogP contribution is -2.65. The lowest BCUT2D eigenvalue weighted by atomic mass is 9.84. The van der Waals surface area contributed by atoms with Crippen LogP contribution >= 0.6 is 0 Å². The molecule has 2 amide bonds. The average Bonchev–Trinajstić information content (AvgIpc) is 3.00. The van der Waals surface area contributed by atoms with Gasteiger partial charge in [0.25, 0.3) is 0 Å². The summed E-state index contributed by atoms with van der Waals surface area (Å²) in [4.78, 5) is 29.8. The maximum atomic E-state index is 13.1. The Morgan fingerprint density at radius 3 is 2.62 bits per heavy atom. The highest BCUT2D eigenvalue weighted by atomic mass is 19.4. The molecule has 0 bridgehead atoms. The highest BCUT2D eigenvalue weighted by Gasteiger charge is 2.61. The third-order valence-corrected chi connectivity index (χ3v) is 6.02. The van der Waals surface area contributed by atoms with Crippen LogP contribution in [0.15, 0.2) is 24.3 Å². The number of nitrogens with one attached hydrogen (secondary N) is 2. The number of carbonyl (C=O) groups is 2. The van der Waals surface area contributed by atoms with Crippen molar-refractivity contribution in [1.82, 2.24) is 9.96 Å². The maximum Gasteiger partial charge on any atom is 0.497 e. The molecule has 7 nitrogen and oxygen atoms in total. The summed E-state index contributed by atoms with van der Waals surface area (Å²) in [6.07, 6.45) is -2.70. The van der Waals surface area contributed by atoms with Crippen molar-refractivity contribution < 1.29 is 32.3 Å². The summed E-state index contributed by atoms with van der Waals surface area (Å²) in [6.45, 7) is 1.80. The number of hydrogen-bond acceptors (Lipinski definition) is 5. The van der Waals surface area contributed by atoms with Crippen LogP contribution in [0.3, 0.4) is 0 Å². The van der Waals surface area contributed by atoms with Crippen LogP contribution in [-0.2, 0) is 14.4 Å². The molecule has 3 aliphatic rings. The molecule has 2 saturated heterocycles. The SMILES string of the molecule is O=C(O[N+]1(C2CCNC(C3CCOCC3)C2)C(=O)Nc2ccccc21)C(F)(F)F. The van der Waals surface area contributed by atoms with Crippen molar-refractivity contribution in [2.45, 2.75) is 43.9 Å². The Labute approximate surface area is 165 Å². The molecule has 4 rings (SSSR count). The van der Waals surface area contributed by atoms with E-state index in [1.807, 2.05) is 0 Å². The molecule has 0 spiro atoms. The fourth-order valence-corrected chi connectivity index (χ4v) is 4.62. The zero-order valence-electron chi connectivity index (χ0n) is 15.7. The van der Waals surface area contributed by atoms with Crippen LogP contribution in [0, 0.1) is 5.92 Å². The van der Waals surface area contributed by atoms with E-state index in [0.29, 0.717) is 44.2 Å². The number of para-hydroxylation sites is 2. The van der Waals surface area contributed by atoms with Crippen LogP contribution in [0.1, 0.15) is 25.7 Å². The summed E-state index contributed by atoms with van der Waals surface area (Å²) in [6, 6.07) is 5.01. The quantitative estimate of drug-likeness (QED) is 0.744. The number of urea groups is 1. The van der Waals surface area contributed by atoms with Gasteiger partial charge in [-0.2, -0.15) is 13.2 Å². The largest absolute Gasteiger partial charge is 0.497 e. The van der Waals surface area contributed by atoms with E-state index < -0.39 is 28.9 Å². The van der Waals surface area contributed by atoms with Gasteiger partial charge in [0.15, 0.2) is 0 Å². The Bertz CT molecular complexity index is 797. The first-order chi connectivity index (χ1) is 13.8. The molecule has 0 aromatic heterocycles. The predicted octanol–water partition coefficient (Wildman–Crippen LogP) is 3.11. The van der Waals surface area contributed by atoms with Crippen LogP contribution in [0.5, 0.6) is 0 Å². The molecular formula is C19H23F3N3O4+. The molecule has 1 aromatic rings. The molecule has 0 radical (unpaired) electrons. The van der Waals surface area contributed by atoms with Crippen molar-refractivity contribution in [3.8, 4) is 0 Å². The number of benzene rings is 1. The highest BCUT2D eigenvalue weighted by Crippen LogP contribution is 2.44. The fourth-order valence-electron chi connectivity index (χ4n) is 4.62. The molecular weight excluding hydrogens is 391 g/mol. The molecule has 0 saturated carbocycles. The second-order valence-corrected chi connectivity index (χ2v) is 7.67. The standard InChI is InChI=1S/C19H22F3N3O4/c20-19(21,22)17(26)29-25(16-4-2-1-3-14(16)24-18(25)27)13-5-8-23-15(11-13)12-6-9-28-10-7-12/h1-4,12-13,15,23H,5-11H2/p+1. The second kappa shape index (κ2) is 7.58. The van der Waals surface area contributed by atoms with Crippen molar-refractivity contribution in [2.24, 2.45) is 5.92 Å². The van der Waals surface area contributed by atoms with Crippen molar-refractivity contribution in [3.63, 3.8) is 0 Å². The first-order valence-corrected chi connectivity index (χ1v) is 9.74. The van der Waals surface area contributed by atoms with Gasteiger partial charge in [-0.1, -0.05) is 12.1 Å². The van der Waals surface area contributed by atoms with Gasteiger partial charge in [-0.05, 0) is 29.5 Å². The Kier molecular flexibility index (Phi) is 5.26. The minimum absolute atomic E-state index is 0.0119. The topological polar surface area (TPSA) is 76.7 Å². The molecule has 2 fully saturated rings. The second-order valence-electron chi connectivity index (χ2n) is 7.67.